The number of benzene rings is 1. The maximum atomic E-state index is 11.1. The summed E-state index contributed by atoms with van der Waals surface area (Å²) in [5.41, 5.74) is 0. The molecule has 0 atom stereocenters. The van der Waals surface area contributed by atoms with Gasteiger partial charge in [-0.1, -0.05) is 11.6 Å². The standard InChI is InChI=1S/C6H4Br2ClNO2S/c7-4-1-3(9)2-5(8)6(4)13(10,11)12/h1-2H,(H2,10,11,12). The zero-order valence-electron chi connectivity index (χ0n) is 6.09. The van der Waals surface area contributed by atoms with Crippen molar-refractivity contribution in [3.05, 3.63) is 26.1 Å². The smallest absolute Gasteiger partial charge is 0.225 e. The predicted octanol–water partition coefficient (Wildman–Crippen LogP) is 2.51. The van der Waals surface area contributed by atoms with Gasteiger partial charge in [0.05, 0.1) is 0 Å². The molecule has 1 aromatic carbocycles. The van der Waals surface area contributed by atoms with Crippen molar-refractivity contribution in [1.29, 1.82) is 0 Å². The predicted molar refractivity (Wildman–Crippen MR) is 58.2 cm³/mol. The molecular formula is C6H4Br2ClNO2S. The van der Waals surface area contributed by atoms with Gasteiger partial charge in [-0.2, -0.15) is 0 Å². The molecule has 1 aromatic rings. The first-order valence-electron chi connectivity index (χ1n) is 2.99. The largest absolute Gasteiger partial charge is 0.240 e. The van der Waals surface area contributed by atoms with Gasteiger partial charge in [0.15, 0.2) is 0 Å². The van der Waals surface area contributed by atoms with E-state index >= 15 is 0 Å². The van der Waals surface area contributed by atoms with E-state index in [0.29, 0.717) is 14.0 Å². The monoisotopic (exact) mass is 347 g/mol. The van der Waals surface area contributed by atoms with E-state index in [1.807, 2.05) is 0 Å². The first-order chi connectivity index (χ1) is 5.82. The van der Waals surface area contributed by atoms with Crippen molar-refractivity contribution in [2.24, 2.45) is 5.14 Å². The minimum atomic E-state index is -3.73. The van der Waals surface area contributed by atoms with E-state index in [1.165, 1.54) is 12.1 Å². The molecule has 0 aliphatic rings. The van der Waals surface area contributed by atoms with Crippen LogP contribution in [0.15, 0.2) is 26.0 Å². The second-order valence-electron chi connectivity index (χ2n) is 2.24. The minimum absolute atomic E-state index is 0.00287. The lowest BCUT2D eigenvalue weighted by Gasteiger charge is -2.04. The van der Waals surface area contributed by atoms with Gasteiger partial charge in [0, 0.05) is 14.0 Å². The molecule has 72 valence electrons. The Hall–Kier alpha value is 0.380. The lowest BCUT2D eigenvalue weighted by molar-refractivity contribution is 0.597. The molecule has 2 N–H and O–H groups in total. The third-order valence-corrected chi connectivity index (χ3v) is 4.25. The molecule has 0 radical (unpaired) electrons. The normalized spacial score (nSPS) is 11.7. The summed E-state index contributed by atoms with van der Waals surface area (Å²) < 4.78 is 22.8. The lowest BCUT2D eigenvalue weighted by atomic mass is 10.4. The van der Waals surface area contributed by atoms with E-state index in [9.17, 15) is 8.42 Å². The van der Waals surface area contributed by atoms with Gasteiger partial charge in [0.1, 0.15) is 4.90 Å². The number of primary sulfonamides is 1. The van der Waals surface area contributed by atoms with Crippen LogP contribution in [0.4, 0.5) is 0 Å². The Kier molecular flexibility index (Phi) is 3.40. The first-order valence-corrected chi connectivity index (χ1v) is 6.51. The van der Waals surface area contributed by atoms with Crippen LogP contribution in [0.1, 0.15) is 0 Å². The van der Waals surface area contributed by atoms with Crippen LogP contribution in [0.2, 0.25) is 5.02 Å². The van der Waals surface area contributed by atoms with Gasteiger partial charge >= 0.3 is 0 Å². The molecule has 0 aliphatic heterocycles. The summed E-state index contributed by atoms with van der Waals surface area (Å²) in [6.45, 7) is 0. The number of rotatable bonds is 1. The van der Waals surface area contributed by atoms with Gasteiger partial charge in [-0.3, -0.25) is 0 Å². The fraction of sp³-hybridized carbons (Fsp3) is 0. The van der Waals surface area contributed by atoms with Crippen molar-refractivity contribution in [3.63, 3.8) is 0 Å². The molecule has 3 nitrogen and oxygen atoms in total. The van der Waals surface area contributed by atoms with Crippen LogP contribution >= 0.6 is 43.5 Å². The minimum Gasteiger partial charge on any atom is -0.225 e. The zero-order chi connectivity index (χ0) is 10.2. The van der Waals surface area contributed by atoms with E-state index in [2.05, 4.69) is 31.9 Å². The van der Waals surface area contributed by atoms with Gasteiger partial charge in [0.25, 0.3) is 0 Å². The molecule has 13 heavy (non-hydrogen) atoms. The summed E-state index contributed by atoms with van der Waals surface area (Å²) in [6.07, 6.45) is 0. The molecule has 0 saturated carbocycles. The van der Waals surface area contributed by atoms with Crippen molar-refractivity contribution in [2.45, 2.75) is 4.90 Å². The molecule has 0 saturated heterocycles. The summed E-state index contributed by atoms with van der Waals surface area (Å²) in [5.74, 6) is 0. The summed E-state index contributed by atoms with van der Waals surface area (Å²) >= 11 is 11.8. The maximum absolute atomic E-state index is 11.1. The SMILES string of the molecule is NS(=O)(=O)c1c(Br)cc(Cl)cc1Br. The molecule has 1 rings (SSSR count). The molecule has 7 heteroatoms. The molecule has 0 fully saturated rings. The third-order valence-electron chi connectivity index (χ3n) is 1.25. The number of hydrogen-bond donors (Lipinski definition) is 1. The Morgan fingerprint density at radius 1 is 1.23 bits per heavy atom. The van der Waals surface area contributed by atoms with Gasteiger partial charge in [-0.15, -0.1) is 0 Å². The molecule has 0 spiro atoms. The molecule has 0 heterocycles. The Morgan fingerprint density at radius 3 is 1.92 bits per heavy atom. The van der Waals surface area contributed by atoms with Gasteiger partial charge in [-0.05, 0) is 44.0 Å². The van der Waals surface area contributed by atoms with Crippen LogP contribution in [-0.2, 0) is 10.0 Å². The number of sulfonamides is 1. The lowest BCUT2D eigenvalue weighted by Crippen LogP contribution is -2.13. The average Bonchev–Trinajstić information content (AvgIpc) is 1.78. The average molecular weight is 349 g/mol. The highest BCUT2D eigenvalue weighted by Gasteiger charge is 2.17. The third kappa shape index (κ3) is 2.66. The molecule has 0 amide bonds. The van der Waals surface area contributed by atoms with E-state index in [-0.39, 0.29) is 4.90 Å². The summed E-state index contributed by atoms with van der Waals surface area (Å²) in [4.78, 5) is -0.00287. The summed E-state index contributed by atoms with van der Waals surface area (Å²) in [7, 11) is -3.73. The molecule has 0 aromatic heterocycles. The van der Waals surface area contributed by atoms with E-state index in [1.54, 1.807) is 0 Å². The second kappa shape index (κ2) is 3.86. The fourth-order valence-electron chi connectivity index (χ4n) is 0.801. The highest BCUT2D eigenvalue weighted by atomic mass is 79.9. The van der Waals surface area contributed by atoms with Crippen molar-refractivity contribution in [1.82, 2.24) is 0 Å². The van der Waals surface area contributed by atoms with Crippen molar-refractivity contribution >= 4 is 53.5 Å². The molecule has 0 bridgehead atoms. The molecule has 0 aliphatic carbocycles. The number of nitrogens with two attached hydrogens (primary N) is 1. The van der Waals surface area contributed by atoms with Crippen molar-refractivity contribution in [3.8, 4) is 0 Å². The molecular weight excluding hydrogens is 345 g/mol. The van der Waals surface area contributed by atoms with E-state index in [4.69, 9.17) is 16.7 Å². The van der Waals surface area contributed by atoms with E-state index < -0.39 is 10.0 Å². The Labute approximate surface area is 97.6 Å². The van der Waals surface area contributed by atoms with Crippen LogP contribution in [0.3, 0.4) is 0 Å². The van der Waals surface area contributed by atoms with Crippen LogP contribution in [0, 0.1) is 0 Å². The maximum Gasteiger partial charge on any atom is 0.240 e. The Morgan fingerprint density at radius 2 is 1.62 bits per heavy atom. The van der Waals surface area contributed by atoms with Gasteiger partial charge in [-0.25, -0.2) is 13.6 Å². The number of halogens is 3. The van der Waals surface area contributed by atoms with Crippen molar-refractivity contribution in [2.75, 3.05) is 0 Å². The Bertz CT molecular complexity index is 423. The van der Waals surface area contributed by atoms with Gasteiger partial charge < -0.3 is 0 Å². The molecule has 0 unspecified atom stereocenters. The first kappa shape index (κ1) is 11.5. The van der Waals surface area contributed by atoms with Crippen LogP contribution in [0.25, 0.3) is 0 Å². The summed E-state index contributed by atoms with van der Waals surface area (Å²) in [6, 6.07) is 2.93. The number of hydrogen-bond acceptors (Lipinski definition) is 2. The highest BCUT2D eigenvalue weighted by Crippen LogP contribution is 2.32. The topological polar surface area (TPSA) is 60.2 Å². The zero-order valence-corrected chi connectivity index (χ0v) is 10.8. The van der Waals surface area contributed by atoms with Crippen LogP contribution in [0.5, 0.6) is 0 Å². The Balaban J connectivity index is 3.57. The second-order valence-corrected chi connectivity index (χ2v) is 5.89. The van der Waals surface area contributed by atoms with E-state index in [0.717, 1.165) is 0 Å². The summed E-state index contributed by atoms with van der Waals surface area (Å²) in [5, 5.41) is 5.40. The van der Waals surface area contributed by atoms with Gasteiger partial charge in [0.2, 0.25) is 10.0 Å². The quantitative estimate of drug-likeness (QED) is 0.847. The van der Waals surface area contributed by atoms with Crippen molar-refractivity contribution < 1.29 is 8.42 Å². The van der Waals surface area contributed by atoms with Crippen LogP contribution in [-0.4, -0.2) is 8.42 Å². The van der Waals surface area contributed by atoms with Crippen LogP contribution < -0.4 is 5.14 Å². The fourth-order valence-corrected chi connectivity index (χ4v) is 4.48. The highest BCUT2D eigenvalue weighted by molar-refractivity contribution is 9.11.